The van der Waals surface area contributed by atoms with Crippen molar-refractivity contribution in [2.75, 3.05) is 39.9 Å². The fourth-order valence-corrected chi connectivity index (χ4v) is 2.27. The van der Waals surface area contributed by atoms with Gasteiger partial charge in [-0.2, -0.15) is 0 Å². The normalized spacial score (nSPS) is 12.8. The van der Waals surface area contributed by atoms with E-state index in [4.69, 9.17) is 4.74 Å². The van der Waals surface area contributed by atoms with E-state index in [1.807, 2.05) is 19.1 Å². The molecule has 0 saturated carbocycles. The molecule has 0 aliphatic carbocycles. The second-order valence-corrected chi connectivity index (χ2v) is 5.32. The van der Waals surface area contributed by atoms with Crippen LogP contribution in [-0.4, -0.2) is 44.8 Å². The molecule has 1 atom stereocenters. The summed E-state index contributed by atoms with van der Waals surface area (Å²) < 4.78 is 19.3. The molecule has 1 rings (SSSR count). The Labute approximate surface area is 128 Å². The molecule has 21 heavy (non-hydrogen) atoms. The van der Waals surface area contributed by atoms with Gasteiger partial charge in [-0.15, -0.1) is 0 Å². The van der Waals surface area contributed by atoms with Gasteiger partial charge in [-0.3, -0.25) is 0 Å². The minimum absolute atomic E-state index is 0.0701. The van der Waals surface area contributed by atoms with Crippen LogP contribution in [0.5, 0.6) is 0 Å². The van der Waals surface area contributed by atoms with E-state index in [1.165, 1.54) is 6.07 Å². The third-order valence-electron chi connectivity index (χ3n) is 3.54. The number of ether oxygens (including phenoxy) is 1. The first kappa shape index (κ1) is 18.1. The molecule has 3 nitrogen and oxygen atoms in total. The Balaban J connectivity index is 2.52. The van der Waals surface area contributed by atoms with Crippen LogP contribution < -0.4 is 5.32 Å². The minimum Gasteiger partial charge on any atom is -0.380 e. The SMILES string of the molecule is CCCNC(CCN(C)CCOCC)c1ccccc1F. The Morgan fingerprint density at radius 2 is 2.00 bits per heavy atom. The zero-order valence-electron chi connectivity index (χ0n) is 13.6. The van der Waals surface area contributed by atoms with Crippen molar-refractivity contribution < 1.29 is 9.13 Å². The molecule has 0 aromatic heterocycles. The quantitative estimate of drug-likeness (QED) is 0.635. The molecule has 0 fully saturated rings. The number of nitrogens with zero attached hydrogens (tertiary/aromatic N) is 1. The molecular formula is C17H29FN2O. The van der Waals surface area contributed by atoms with E-state index in [0.29, 0.717) is 0 Å². The van der Waals surface area contributed by atoms with E-state index in [2.05, 4.69) is 24.2 Å². The average Bonchev–Trinajstić information content (AvgIpc) is 2.49. The van der Waals surface area contributed by atoms with Gasteiger partial charge in [0.25, 0.3) is 0 Å². The van der Waals surface area contributed by atoms with Crippen LogP contribution in [0.15, 0.2) is 24.3 Å². The van der Waals surface area contributed by atoms with Crippen LogP contribution in [0.1, 0.15) is 38.3 Å². The molecule has 0 radical (unpaired) electrons. The highest BCUT2D eigenvalue weighted by Crippen LogP contribution is 2.20. The zero-order chi connectivity index (χ0) is 15.5. The lowest BCUT2D eigenvalue weighted by atomic mass is 10.0. The summed E-state index contributed by atoms with van der Waals surface area (Å²) in [5.41, 5.74) is 0.768. The number of likely N-dealkylation sites (N-methyl/N-ethyl adjacent to an activating group) is 1. The maximum absolute atomic E-state index is 14.0. The molecule has 0 saturated heterocycles. The molecule has 1 N–H and O–H groups in total. The van der Waals surface area contributed by atoms with Crippen LogP contribution >= 0.6 is 0 Å². The van der Waals surface area contributed by atoms with Crippen molar-refractivity contribution in [3.8, 4) is 0 Å². The molecule has 0 amide bonds. The fraction of sp³-hybridized carbons (Fsp3) is 0.647. The van der Waals surface area contributed by atoms with Gasteiger partial charge in [-0.05, 0) is 46.0 Å². The maximum atomic E-state index is 14.0. The number of nitrogens with one attached hydrogen (secondary N) is 1. The summed E-state index contributed by atoms with van der Waals surface area (Å²) in [5, 5.41) is 3.45. The predicted octanol–water partition coefficient (Wildman–Crippen LogP) is 3.22. The third kappa shape index (κ3) is 7.02. The molecule has 1 unspecified atom stereocenters. The molecule has 120 valence electrons. The molecule has 1 aromatic carbocycles. The summed E-state index contributed by atoms with van der Waals surface area (Å²) in [7, 11) is 2.08. The lowest BCUT2D eigenvalue weighted by Gasteiger charge is -2.23. The monoisotopic (exact) mass is 296 g/mol. The molecule has 0 spiro atoms. The second kappa shape index (κ2) is 10.7. The van der Waals surface area contributed by atoms with E-state index in [9.17, 15) is 4.39 Å². The lowest BCUT2D eigenvalue weighted by molar-refractivity contribution is 0.121. The molecule has 0 heterocycles. The summed E-state index contributed by atoms with van der Waals surface area (Å²) in [6, 6.07) is 7.13. The van der Waals surface area contributed by atoms with Gasteiger partial charge in [-0.25, -0.2) is 4.39 Å². The van der Waals surface area contributed by atoms with Crippen LogP contribution in [0.2, 0.25) is 0 Å². The van der Waals surface area contributed by atoms with E-state index >= 15 is 0 Å². The second-order valence-electron chi connectivity index (χ2n) is 5.32. The van der Waals surface area contributed by atoms with E-state index in [0.717, 1.165) is 51.3 Å². The summed E-state index contributed by atoms with van der Waals surface area (Å²) in [6.45, 7) is 8.36. The van der Waals surface area contributed by atoms with Gasteiger partial charge in [0.1, 0.15) is 5.82 Å². The lowest BCUT2D eigenvalue weighted by Crippen LogP contribution is -2.30. The minimum atomic E-state index is -0.122. The predicted molar refractivity (Wildman–Crippen MR) is 86.0 cm³/mol. The first-order chi connectivity index (χ1) is 10.2. The number of hydrogen-bond donors (Lipinski definition) is 1. The molecular weight excluding hydrogens is 267 g/mol. The average molecular weight is 296 g/mol. The van der Waals surface area contributed by atoms with Crippen LogP contribution in [0.25, 0.3) is 0 Å². The van der Waals surface area contributed by atoms with Gasteiger partial charge in [-0.1, -0.05) is 25.1 Å². The van der Waals surface area contributed by atoms with Crippen LogP contribution in [0, 0.1) is 5.82 Å². The smallest absolute Gasteiger partial charge is 0.127 e. The summed E-state index contributed by atoms with van der Waals surface area (Å²) >= 11 is 0. The summed E-state index contributed by atoms with van der Waals surface area (Å²) in [6.07, 6.45) is 1.94. The standard InChI is InChI=1S/C17H29FN2O/c1-4-11-19-17(15-8-6-7-9-16(15)18)10-12-20(3)13-14-21-5-2/h6-9,17,19H,4-5,10-14H2,1-3H3. The number of hydrogen-bond acceptors (Lipinski definition) is 3. The van der Waals surface area contributed by atoms with Gasteiger partial charge >= 0.3 is 0 Å². The van der Waals surface area contributed by atoms with Crippen LogP contribution in [0.3, 0.4) is 0 Å². The topological polar surface area (TPSA) is 24.5 Å². The van der Waals surface area contributed by atoms with Gasteiger partial charge in [0.2, 0.25) is 0 Å². The fourth-order valence-electron chi connectivity index (χ4n) is 2.27. The number of halogens is 1. The van der Waals surface area contributed by atoms with E-state index in [-0.39, 0.29) is 11.9 Å². The van der Waals surface area contributed by atoms with Crippen molar-refractivity contribution in [1.29, 1.82) is 0 Å². The largest absolute Gasteiger partial charge is 0.380 e. The highest BCUT2D eigenvalue weighted by atomic mass is 19.1. The Hall–Kier alpha value is -0.970. The van der Waals surface area contributed by atoms with Crippen LogP contribution in [-0.2, 0) is 4.74 Å². The third-order valence-corrected chi connectivity index (χ3v) is 3.54. The number of rotatable bonds is 11. The Bertz CT molecular complexity index is 387. The van der Waals surface area contributed by atoms with Crippen molar-refractivity contribution in [3.63, 3.8) is 0 Å². The van der Waals surface area contributed by atoms with Gasteiger partial charge < -0.3 is 15.0 Å². The number of benzene rings is 1. The van der Waals surface area contributed by atoms with E-state index < -0.39 is 0 Å². The van der Waals surface area contributed by atoms with Crippen molar-refractivity contribution >= 4 is 0 Å². The summed E-state index contributed by atoms with van der Waals surface area (Å²) in [4.78, 5) is 2.23. The molecule has 0 aliphatic rings. The summed E-state index contributed by atoms with van der Waals surface area (Å²) in [5.74, 6) is -0.122. The first-order valence-corrected chi connectivity index (χ1v) is 7.93. The Morgan fingerprint density at radius 3 is 2.67 bits per heavy atom. The van der Waals surface area contributed by atoms with Gasteiger partial charge in [0, 0.05) is 24.8 Å². The van der Waals surface area contributed by atoms with Gasteiger partial charge in [0.05, 0.1) is 6.61 Å². The molecule has 0 bridgehead atoms. The van der Waals surface area contributed by atoms with Crippen molar-refractivity contribution in [1.82, 2.24) is 10.2 Å². The molecule has 1 aromatic rings. The molecule has 0 aliphatic heterocycles. The molecule has 4 heteroatoms. The Kier molecular flexibility index (Phi) is 9.22. The zero-order valence-corrected chi connectivity index (χ0v) is 13.6. The van der Waals surface area contributed by atoms with Crippen molar-refractivity contribution in [3.05, 3.63) is 35.6 Å². The van der Waals surface area contributed by atoms with Crippen molar-refractivity contribution in [2.24, 2.45) is 0 Å². The van der Waals surface area contributed by atoms with Crippen molar-refractivity contribution in [2.45, 2.75) is 32.7 Å². The van der Waals surface area contributed by atoms with Gasteiger partial charge in [0.15, 0.2) is 0 Å². The first-order valence-electron chi connectivity index (χ1n) is 7.93. The van der Waals surface area contributed by atoms with E-state index in [1.54, 1.807) is 6.07 Å². The highest BCUT2D eigenvalue weighted by Gasteiger charge is 2.15. The highest BCUT2D eigenvalue weighted by molar-refractivity contribution is 5.21. The maximum Gasteiger partial charge on any atom is 0.127 e. The van der Waals surface area contributed by atoms with Crippen LogP contribution in [0.4, 0.5) is 4.39 Å². The Morgan fingerprint density at radius 1 is 1.24 bits per heavy atom.